The van der Waals surface area contributed by atoms with E-state index >= 15 is 0 Å². The zero-order chi connectivity index (χ0) is 12.8. The van der Waals surface area contributed by atoms with Crippen LogP contribution in [0.4, 0.5) is 4.79 Å². The van der Waals surface area contributed by atoms with Crippen LogP contribution in [0.15, 0.2) is 16.8 Å². The van der Waals surface area contributed by atoms with E-state index in [0.717, 1.165) is 5.56 Å². The number of nitrogens with one attached hydrogen (secondary N) is 2. The second-order valence-corrected chi connectivity index (χ2v) is 4.25. The standard InChI is InChI=1S/C10H14N2O4S/c1-6(7-2-3-17-5-7)11-10(16)12-8(4-13)9(14)15/h2-3,5-6,8,13H,4H2,1H3,(H,14,15)(H2,11,12,16)/t6?,8-/m0/s1. The van der Waals surface area contributed by atoms with Gasteiger partial charge in [-0.05, 0) is 29.3 Å². The van der Waals surface area contributed by atoms with E-state index in [0.29, 0.717) is 0 Å². The van der Waals surface area contributed by atoms with Crippen LogP contribution in [-0.4, -0.2) is 34.9 Å². The third-order valence-corrected chi connectivity index (χ3v) is 2.88. The minimum absolute atomic E-state index is 0.214. The number of urea groups is 1. The molecule has 0 aliphatic carbocycles. The minimum Gasteiger partial charge on any atom is -0.480 e. The molecule has 1 aromatic rings. The lowest BCUT2D eigenvalue weighted by Gasteiger charge is -2.16. The van der Waals surface area contributed by atoms with Crippen LogP contribution in [0.3, 0.4) is 0 Å². The first-order chi connectivity index (χ1) is 8.04. The average molecular weight is 258 g/mol. The van der Waals surface area contributed by atoms with Crippen molar-refractivity contribution in [3.8, 4) is 0 Å². The molecule has 0 radical (unpaired) electrons. The molecule has 2 amide bonds. The molecular weight excluding hydrogens is 244 g/mol. The summed E-state index contributed by atoms with van der Waals surface area (Å²) in [5.41, 5.74) is 0.945. The molecule has 0 bridgehead atoms. The molecule has 6 nitrogen and oxygen atoms in total. The molecule has 0 aromatic carbocycles. The Morgan fingerprint density at radius 3 is 2.65 bits per heavy atom. The van der Waals surface area contributed by atoms with Crippen molar-refractivity contribution in [1.29, 1.82) is 0 Å². The Balaban J connectivity index is 2.47. The number of hydrogen-bond acceptors (Lipinski definition) is 4. The molecule has 0 aliphatic heterocycles. The molecule has 94 valence electrons. The molecule has 1 aromatic heterocycles. The number of aliphatic hydroxyl groups excluding tert-OH is 1. The Bertz CT molecular complexity index is 380. The largest absolute Gasteiger partial charge is 0.480 e. The zero-order valence-corrected chi connectivity index (χ0v) is 10.0. The van der Waals surface area contributed by atoms with E-state index in [-0.39, 0.29) is 6.04 Å². The van der Waals surface area contributed by atoms with Gasteiger partial charge in [0.1, 0.15) is 0 Å². The van der Waals surface area contributed by atoms with Gasteiger partial charge in [-0.25, -0.2) is 9.59 Å². The fourth-order valence-electron chi connectivity index (χ4n) is 1.19. The summed E-state index contributed by atoms with van der Waals surface area (Å²) in [7, 11) is 0. The normalized spacial score (nSPS) is 13.8. The Labute approximate surface area is 102 Å². The molecular formula is C10H14N2O4S. The fraction of sp³-hybridized carbons (Fsp3) is 0.400. The van der Waals surface area contributed by atoms with Crippen LogP contribution in [0.2, 0.25) is 0 Å². The van der Waals surface area contributed by atoms with Crippen LogP contribution in [-0.2, 0) is 4.79 Å². The number of hydrogen-bond donors (Lipinski definition) is 4. The van der Waals surface area contributed by atoms with Crippen molar-refractivity contribution in [2.24, 2.45) is 0 Å². The maximum Gasteiger partial charge on any atom is 0.328 e. The number of aliphatic carboxylic acids is 1. The molecule has 0 saturated heterocycles. The first-order valence-electron chi connectivity index (χ1n) is 4.97. The zero-order valence-electron chi connectivity index (χ0n) is 9.21. The van der Waals surface area contributed by atoms with Gasteiger partial charge in [-0.2, -0.15) is 11.3 Å². The number of carboxylic acid groups (broad SMARTS) is 1. The van der Waals surface area contributed by atoms with Gasteiger partial charge in [-0.15, -0.1) is 0 Å². The summed E-state index contributed by atoms with van der Waals surface area (Å²) >= 11 is 1.51. The SMILES string of the molecule is CC(NC(=O)N[C@@H](CO)C(=O)O)c1ccsc1. The molecule has 0 aliphatic rings. The second kappa shape index (κ2) is 6.21. The maximum absolute atomic E-state index is 11.4. The Morgan fingerprint density at radius 2 is 2.18 bits per heavy atom. The summed E-state index contributed by atoms with van der Waals surface area (Å²) in [5.74, 6) is -1.27. The molecule has 2 atom stereocenters. The molecule has 0 spiro atoms. The van der Waals surface area contributed by atoms with Gasteiger partial charge in [-0.1, -0.05) is 0 Å². The molecule has 1 rings (SSSR count). The maximum atomic E-state index is 11.4. The lowest BCUT2D eigenvalue weighted by atomic mass is 10.2. The molecule has 7 heteroatoms. The van der Waals surface area contributed by atoms with E-state index < -0.39 is 24.6 Å². The molecule has 17 heavy (non-hydrogen) atoms. The minimum atomic E-state index is -1.29. The first-order valence-corrected chi connectivity index (χ1v) is 5.91. The number of aliphatic hydroxyl groups is 1. The van der Waals surface area contributed by atoms with E-state index in [2.05, 4.69) is 10.6 Å². The second-order valence-electron chi connectivity index (χ2n) is 3.47. The van der Waals surface area contributed by atoms with Crippen molar-refractivity contribution in [3.05, 3.63) is 22.4 Å². The van der Waals surface area contributed by atoms with Crippen LogP contribution in [0, 0.1) is 0 Å². The van der Waals surface area contributed by atoms with Gasteiger partial charge in [0.25, 0.3) is 0 Å². The molecule has 1 unspecified atom stereocenters. The highest BCUT2D eigenvalue weighted by atomic mass is 32.1. The Kier molecular flexibility index (Phi) is 4.92. The summed E-state index contributed by atoms with van der Waals surface area (Å²) in [5, 5.41) is 25.9. The number of carboxylic acids is 1. The van der Waals surface area contributed by atoms with Crippen molar-refractivity contribution < 1.29 is 19.8 Å². The first kappa shape index (κ1) is 13.5. The third-order valence-electron chi connectivity index (χ3n) is 2.18. The van der Waals surface area contributed by atoms with E-state index in [4.69, 9.17) is 10.2 Å². The summed E-state index contributed by atoms with van der Waals surface area (Å²) in [4.78, 5) is 22.0. The lowest BCUT2D eigenvalue weighted by Crippen LogP contribution is -2.48. The molecule has 0 fully saturated rings. The van der Waals surface area contributed by atoms with Gasteiger partial charge >= 0.3 is 12.0 Å². The van der Waals surface area contributed by atoms with E-state index in [1.807, 2.05) is 16.8 Å². The fourth-order valence-corrected chi connectivity index (χ4v) is 1.94. The Hall–Kier alpha value is -1.60. The van der Waals surface area contributed by atoms with Gasteiger partial charge in [0.15, 0.2) is 6.04 Å². The van der Waals surface area contributed by atoms with Crippen LogP contribution >= 0.6 is 11.3 Å². The highest BCUT2D eigenvalue weighted by Gasteiger charge is 2.19. The quantitative estimate of drug-likeness (QED) is 0.620. The van der Waals surface area contributed by atoms with Crippen molar-refractivity contribution in [3.63, 3.8) is 0 Å². The highest BCUT2D eigenvalue weighted by Crippen LogP contribution is 2.15. The molecule has 4 N–H and O–H groups in total. The summed E-state index contributed by atoms with van der Waals surface area (Å²) in [6.07, 6.45) is 0. The predicted molar refractivity (Wildman–Crippen MR) is 62.9 cm³/mol. The lowest BCUT2D eigenvalue weighted by molar-refractivity contribution is -0.140. The van der Waals surface area contributed by atoms with Crippen LogP contribution in [0.25, 0.3) is 0 Å². The van der Waals surface area contributed by atoms with Crippen molar-refractivity contribution >= 4 is 23.3 Å². The van der Waals surface area contributed by atoms with Gasteiger partial charge in [0, 0.05) is 0 Å². The predicted octanol–water partition coefficient (Wildman–Crippen LogP) is 0.554. The number of carbonyl (C=O) groups excluding carboxylic acids is 1. The number of thiophene rings is 1. The Morgan fingerprint density at radius 1 is 1.47 bits per heavy atom. The van der Waals surface area contributed by atoms with E-state index in [1.54, 1.807) is 6.92 Å². The van der Waals surface area contributed by atoms with E-state index in [1.165, 1.54) is 11.3 Å². The topological polar surface area (TPSA) is 98.7 Å². The van der Waals surface area contributed by atoms with Gasteiger partial charge in [0.05, 0.1) is 12.6 Å². The highest BCUT2D eigenvalue weighted by molar-refractivity contribution is 7.07. The van der Waals surface area contributed by atoms with Crippen LogP contribution in [0.5, 0.6) is 0 Å². The average Bonchev–Trinajstić information content (AvgIpc) is 2.78. The monoisotopic (exact) mass is 258 g/mol. The summed E-state index contributed by atoms with van der Waals surface area (Å²) < 4.78 is 0. The van der Waals surface area contributed by atoms with Gasteiger partial charge in [0.2, 0.25) is 0 Å². The third kappa shape index (κ3) is 4.04. The molecule has 0 saturated carbocycles. The van der Waals surface area contributed by atoms with E-state index in [9.17, 15) is 9.59 Å². The van der Waals surface area contributed by atoms with Gasteiger partial charge < -0.3 is 20.8 Å². The van der Waals surface area contributed by atoms with Crippen LogP contribution in [0.1, 0.15) is 18.5 Å². The van der Waals surface area contributed by atoms with Crippen LogP contribution < -0.4 is 10.6 Å². The van der Waals surface area contributed by atoms with Crippen molar-refractivity contribution in [2.45, 2.75) is 19.0 Å². The molecule has 1 heterocycles. The van der Waals surface area contributed by atoms with Gasteiger partial charge in [-0.3, -0.25) is 0 Å². The summed E-state index contributed by atoms with van der Waals surface area (Å²) in [6.45, 7) is 1.14. The smallest absolute Gasteiger partial charge is 0.328 e. The van der Waals surface area contributed by atoms with Crippen molar-refractivity contribution in [1.82, 2.24) is 10.6 Å². The van der Waals surface area contributed by atoms with Crippen molar-refractivity contribution in [2.75, 3.05) is 6.61 Å². The number of carbonyl (C=O) groups is 2. The number of rotatable bonds is 5. The summed E-state index contributed by atoms with van der Waals surface area (Å²) in [6, 6.07) is -0.250. The number of amides is 2.